The fourth-order valence-corrected chi connectivity index (χ4v) is 3.62. The lowest BCUT2D eigenvalue weighted by Gasteiger charge is -2.30. The van der Waals surface area contributed by atoms with Gasteiger partial charge in [0.2, 0.25) is 0 Å². The van der Waals surface area contributed by atoms with Crippen LogP contribution in [0.3, 0.4) is 0 Å². The van der Waals surface area contributed by atoms with Crippen LogP contribution < -0.4 is 15.4 Å². The molecule has 2 amide bonds. The van der Waals surface area contributed by atoms with E-state index in [1.165, 1.54) is 25.3 Å². The standard InChI is InChI=1S/C20H28N4O4S/c1-12(2)24(13(3)4)9-8-21-19(27)15-11-29-20(22-15)23-18(26)14-6-7-17(28-5)16(25)10-14/h6-7,10-13,25H,8-9H2,1-5H3,(H,21,27)(H,22,23,26). The summed E-state index contributed by atoms with van der Waals surface area (Å²) in [7, 11) is 1.43. The highest BCUT2D eigenvalue weighted by molar-refractivity contribution is 7.14. The van der Waals surface area contributed by atoms with E-state index in [9.17, 15) is 14.7 Å². The highest BCUT2D eigenvalue weighted by atomic mass is 32.1. The zero-order chi connectivity index (χ0) is 21.6. The van der Waals surface area contributed by atoms with Gasteiger partial charge in [0.15, 0.2) is 16.6 Å². The van der Waals surface area contributed by atoms with Gasteiger partial charge < -0.3 is 15.2 Å². The van der Waals surface area contributed by atoms with E-state index in [1.807, 2.05) is 0 Å². The number of nitrogens with one attached hydrogen (secondary N) is 2. The molecule has 8 nitrogen and oxygen atoms in total. The lowest BCUT2D eigenvalue weighted by molar-refractivity contribution is 0.0934. The lowest BCUT2D eigenvalue weighted by Crippen LogP contribution is -2.42. The van der Waals surface area contributed by atoms with Gasteiger partial charge in [-0.25, -0.2) is 4.98 Å². The average molecular weight is 421 g/mol. The number of aromatic hydroxyl groups is 1. The minimum atomic E-state index is -0.436. The fraction of sp³-hybridized carbons (Fsp3) is 0.450. The van der Waals surface area contributed by atoms with Crippen molar-refractivity contribution in [1.29, 1.82) is 0 Å². The van der Waals surface area contributed by atoms with Gasteiger partial charge in [-0.3, -0.25) is 19.8 Å². The molecular weight excluding hydrogens is 392 g/mol. The van der Waals surface area contributed by atoms with Crippen LogP contribution in [-0.4, -0.2) is 59.1 Å². The molecule has 0 unspecified atom stereocenters. The maximum Gasteiger partial charge on any atom is 0.270 e. The van der Waals surface area contributed by atoms with Crippen LogP contribution in [0.25, 0.3) is 0 Å². The van der Waals surface area contributed by atoms with E-state index < -0.39 is 5.91 Å². The Bertz CT molecular complexity index is 843. The summed E-state index contributed by atoms with van der Waals surface area (Å²) in [4.78, 5) is 31.1. The number of rotatable bonds is 9. The normalized spacial score (nSPS) is 11.2. The van der Waals surface area contributed by atoms with Crippen LogP contribution in [0.1, 0.15) is 48.5 Å². The number of hydrogen-bond acceptors (Lipinski definition) is 7. The summed E-state index contributed by atoms with van der Waals surface area (Å²) in [5.41, 5.74) is 0.510. The number of phenols is 1. The van der Waals surface area contributed by atoms with Crippen molar-refractivity contribution in [3.8, 4) is 11.5 Å². The quantitative estimate of drug-likeness (QED) is 0.576. The van der Waals surface area contributed by atoms with E-state index in [-0.39, 0.29) is 28.7 Å². The van der Waals surface area contributed by atoms with Crippen molar-refractivity contribution in [1.82, 2.24) is 15.2 Å². The van der Waals surface area contributed by atoms with Gasteiger partial charge in [0.05, 0.1) is 7.11 Å². The first-order chi connectivity index (χ1) is 13.7. The smallest absolute Gasteiger partial charge is 0.270 e. The van der Waals surface area contributed by atoms with Crippen LogP contribution in [0.4, 0.5) is 5.13 Å². The summed E-state index contributed by atoms with van der Waals surface area (Å²) in [6.45, 7) is 9.76. The first-order valence-electron chi connectivity index (χ1n) is 9.40. The van der Waals surface area contributed by atoms with Crippen molar-refractivity contribution in [2.75, 3.05) is 25.5 Å². The lowest BCUT2D eigenvalue weighted by atomic mass is 10.2. The molecule has 0 aliphatic rings. The second-order valence-electron chi connectivity index (χ2n) is 7.06. The number of carbonyl (C=O) groups is 2. The van der Waals surface area contributed by atoms with Gasteiger partial charge in [0, 0.05) is 36.1 Å². The van der Waals surface area contributed by atoms with E-state index in [0.717, 1.165) is 17.9 Å². The third-order valence-corrected chi connectivity index (χ3v) is 5.14. The largest absolute Gasteiger partial charge is 0.504 e. The number of nitrogens with zero attached hydrogens (tertiary/aromatic N) is 2. The molecule has 0 saturated heterocycles. The van der Waals surface area contributed by atoms with Crippen molar-refractivity contribution in [3.05, 3.63) is 34.8 Å². The van der Waals surface area contributed by atoms with Crippen LogP contribution in [0.15, 0.2) is 23.6 Å². The second-order valence-corrected chi connectivity index (χ2v) is 7.92. The zero-order valence-corrected chi connectivity index (χ0v) is 18.2. The summed E-state index contributed by atoms with van der Waals surface area (Å²) < 4.78 is 4.96. The number of aromatic nitrogens is 1. The van der Waals surface area contributed by atoms with Crippen LogP contribution in [0.2, 0.25) is 0 Å². The Morgan fingerprint density at radius 3 is 2.48 bits per heavy atom. The molecule has 1 aromatic carbocycles. The Hall–Kier alpha value is -2.65. The number of ether oxygens (including phenoxy) is 1. The number of methoxy groups -OCH3 is 1. The van der Waals surface area contributed by atoms with Crippen LogP contribution in [0.5, 0.6) is 11.5 Å². The molecule has 1 aromatic heterocycles. The van der Waals surface area contributed by atoms with Gasteiger partial charge in [-0.15, -0.1) is 11.3 Å². The molecule has 0 bridgehead atoms. The van der Waals surface area contributed by atoms with Crippen LogP contribution in [0, 0.1) is 0 Å². The minimum Gasteiger partial charge on any atom is -0.504 e. The summed E-state index contributed by atoms with van der Waals surface area (Å²) in [6, 6.07) is 5.13. The maximum absolute atomic E-state index is 12.3. The van der Waals surface area contributed by atoms with Crippen molar-refractivity contribution in [2.24, 2.45) is 0 Å². The van der Waals surface area contributed by atoms with Crippen molar-refractivity contribution < 1.29 is 19.4 Å². The molecule has 0 aliphatic heterocycles. The van der Waals surface area contributed by atoms with E-state index in [1.54, 1.807) is 5.38 Å². The molecule has 0 saturated carbocycles. The summed E-state index contributed by atoms with van der Waals surface area (Å²) in [5, 5.41) is 17.2. The first kappa shape index (κ1) is 22.6. The monoisotopic (exact) mass is 420 g/mol. The predicted octanol–water partition coefficient (Wildman–Crippen LogP) is 2.96. The third kappa shape index (κ3) is 6.16. The number of hydrogen-bond donors (Lipinski definition) is 3. The highest BCUT2D eigenvalue weighted by Crippen LogP contribution is 2.26. The Balaban J connectivity index is 1.92. The maximum atomic E-state index is 12.3. The van der Waals surface area contributed by atoms with Crippen LogP contribution in [-0.2, 0) is 0 Å². The van der Waals surface area contributed by atoms with E-state index in [0.29, 0.717) is 23.8 Å². The van der Waals surface area contributed by atoms with Gasteiger partial charge in [0.1, 0.15) is 5.69 Å². The molecule has 29 heavy (non-hydrogen) atoms. The number of benzene rings is 1. The van der Waals surface area contributed by atoms with Crippen molar-refractivity contribution in [2.45, 2.75) is 39.8 Å². The average Bonchev–Trinajstić information content (AvgIpc) is 3.12. The molecule has 2 aromatic rings. The predicted molar refractivity (Wildman–Crippen MR) is 114 cm³/mol. The molecule has 0 radical (unpaired) electrons. The van der Waals surface area contributed by atoms with E-state index >= 15 is 0 Å². The molecule has 9 heteroatoms. The topological polar surface area (TPSA) is 104 Å². The molecule has 0 fully saturated rings. The highest BCUT2D eigenvalue weighted by Gasteiger charge is 2.16. The Labute approximate surface area is 174 Å². The van der Waals surface area contributed by atoms with Crippen molar-refractivity contribution >= 4 is 28.3 Å². The number of amides is 2. The first-order valence-corrected chi connectivity index (χ1v) is 10.3. The minimum absolute atomic E-state index is 0.129. The van der Waals surface area contributed by atoms with Gasteiger partial charge in [-0.05, 0) is 45.9 Å². The zero-order valence-electron chi connectivity index (χ0n) is 17.4. The molecule has 0 atom stereocenters. The molecule has 0 spiro atoms. The SMILES string of the molecule is COc1ccc(C(=O)Nc2nc(C(=O)NCCN(C(C)C)C(C)C)cs2)cc1O. The fourth-order valence-electron chi connectivity index (χ4n) is 2.94. The second kappa shape index (κ2) is 10.2. The molecule has 158 valence electrons. The summed E-state index contributed by atoms with van der Waals surface area (Å²) >= 11 is 1.16. The van der Waals surface area contributed by atoms with Crippen molar-refractivity contribution in [3.63, 3.8) is 0 Å². The molecular formula is C20H28N4O4S. The van der Waals surface area contributed by atoms with Gasteiger partial charge in [-0.2, -0.15) is 0 Å². The Kier molecular flexibility index (Phi) is 7.98. The number of phenolic OH excluding ortho intramolecular Hbond substituents is 1. The number of anilines is 1. The number of carbonyl (C=O) groups excluding carboxylic acids is 2. The van der Waals surface area contributed by atoms with Gasteiger partial charge in [-0.1, -0.05) is 0 Å². The molecule has 1 heterocycles. The Morgan fingerprint density at radius 2 is 1.90 bits per heavy atom. The third-order valence-electron chi connectivity index (χ3n) is 4.38. The molecule has 3 N–H and O–H groups in total. The van der Waals surface area contributed by atoms with E-state index in [2.05, 4.69) is 48.2 Å². The van der Waals surface area contributed by atoms with Gasteiger partial charge in [0.25, 0.3) is 11.8 Å². The van der Waals surface area contributed by atoms with Gasteiger partial charge >= 0.3 is 0 Å². The molecule has 0 aliphatic carbocycles. The van der Waals surface area contributed by atoms with E-state index in [4.69, 9.17) is 4.74 Å². The molecule has 2 rings (SSSR count). The number of thiazole rings is 1. The summed E-state index contributed by atoms with van der Waals surface area (Å²) in [5.74, 6) is -0.565. The van der Waals surface area contributed by atoms with Crippen LogP contribution >= 0.6 is 11.3 Å². The summed E-state index contributed by atoms with van der Waals surface area (Å²) in [6.07, 6.45) is 0. The Morgan fingerprint density at radius 1 is 1.21 bits per heavy atom.